The van der Waals surface area contributed by atoms with Crippen LogP contribution in [0.15, 0.2) is 30.3 Å². The maximum atomic E-state index is 6.52. The smallest absolute Gasteiger partial charge is 0.146 e. The van der Waals surface area contributed by atoms with Crippen molar-refractivity contribution in [3.63, 3.8) is 0 Å². The van der Waals surface area contributed by atoms with Crippen LogP contribution in [0.25, 0.3) is 11.1 Å². The largest absolute Gasteiger partial charge is 0.487 e. The summed E-state index contributed by atoms with van der Waals surface area (Å²) in [5.74, 6) is 1.52. The molecule has 136 valence electrons. The van der Waals surface area contributed by atoms with E-state index in [4.69, 9.17) is 27.9 Å². The highest BCUT2D eigenvalue weighted by atomic mass is 35.5. The van der Waals surface area contributed by atoms with E-state index in [2.05, 4.69) is 22.3 Å². The number of nitrogens with one attached hydrogen (secondary N) is 1. The van der Waals surface area contributed by atoms with Gasteiger partial charge in [0, 0.05) is 46.7 Å². The molecule has 2 saturated heterocycles. The van der Waals surface area contributed by atoms with E-state index in [0.29, 0.717) is 22.1 Å². The van der Waals surface area contributed by atoms with Gasteiger partial charge >= 0.3 is 0 Å². The Labute approximate surface area is 164 Å². The number of benzene rings is 2. The number of piperidine rings is 1. The van der Waals surface area contributed by atoms with Gasteiger partial charge in [0.05, 0.1) is 5.69 Å². The molecule has 3 nitrogen and oxygen atoms in total. The molecule has 2 fully saturated rings. The Morgan fingerprint density at radius 2 is 1.92 bits per heavy atom. The number of anilines is 1. The minimum absolute atomic E-state index is 0.295. The van der Waals surface area contributed by atoms with Gasteiger partial charge in [-0.1, -0.05) is 29.3 Å². The van der Waals surface area contributed by atoms with Crippen LogP contribution < -0.4 is 15.0 Å². The lowest BCUT2D eigenvalue weighted by Crippen LogP contribution is -2.37. The second-order valence-corrected chi connectivity index (χ2v) is 8.33. The van der Waals surface area contributed by atoms with Crippen LogP contribution >= 0.6 is 23.2 Å². The van der Waals surface area contributed by atoms with Crippen LogP contribution in [0.5, 0.6) is 5.75 Å². The van der Waals surface area contributed by atoms with Gasteiger partial charge in [-0.25, -0.2) is 0 Å². The fourth-order valence-corrected chi connectivity index (χ4v) is 5.07. The van der Waals surface area contributed by atoms with Gasteiger partial charge < -0.3 is 15.0 Å². The molecule has 26 heavy (non-hydrogen) atoms. The maximum Gasteiger partial charge on any atom is 0.146 e. The predicted octanol–water partition coefficient (Wildman–Crippen LogP) is 5.10. The number of ether oxygens (including phenoxy) is 1. The Balaban J connectivity index is 1.66. The first kappa shape index (κ1) is 16.7. The summed E-state index contributed by atoms with van der Waals surface area (Å²) in [4.78, 5) is 2.47. The lowest BCUT2D eigenvalue weighted by Gasteiger charge is -2.25. The van der Waals surface area contributed by atoms with Crippen LogP contribution in [-0.4, -0.2) is 32.3 Å². The molecule has 0 aromatic heterocycles. The Morgan fingerprint density at radius 1 is 1.08 bits per heavy atom. The second kappa shape index (κ2) is 6.63. The fourth-order valence-electron chi connectivity index (χ4n) is 4.55. The van der Waals surface area contributed by atoms with Crippen molar-refractivity contribution in [2.24, 2.45) is 0 Å². The summed E-state index contributed by atoms with van der Waals surface area (Å²) < 4.78 is 6.46. The van der Waals surface area contributed by atoms with E-state index in [1.54, 1.807) is 0 Å². The molecule has 1 N–H and O–H groups in total. The number of halogens is 2. The minimum atomic E-state index is 0.295. The Kier molecular flexibility index (Phi) is 4.27. The number of hydrogen-bond acceptors (Lipinski definition) is 3. The van der Waals surface area contributed by atoms with Crippen LogP contribution in [0.4, 0.5) is 5.69 Å². The number of nitrogens with zero attached hydrogens (tertiary/aromatic N) is 1. The van der Waals surface area contributed by atoms with Crippen molar-refractivity contribution in [2.75, 3.05) is 31.1 Å². The zero-order valence-electron chi connectivity index (χ0n) is 14.6. The first-order valence-corrected chi connectivity index (χ1v) is 10.2. The van der Waals surface area contributed by atoms with E-state index in [-0.39, 0.29) is 0 Å². The SMILES string of the molecule is Clc1ccc(-c2cc3c(c(N4CCCC4)c2)OC2CCNCC32)c(Cl)c1. The van der Waals surface area contributed by atoms with E-state index in [1.807, 2.05) is 18.2 Å². The van der Waals surface area contributed by atoms with E-state index in [1.165, 1.54) is 24.1 Å². The van der Waals surface area contributed by atoms with Crippen LogP contribution in [0.1, 0.15) is 30.7 Å². The normalized spacial score (nSPS) is 24.3. The van der Waals surface area contributed by atoms with Crippen molar-refractivity contribution in [3.8, 4) is 16.9 Å². The summed E-state index contributed by atoms with van der Waals surface area (Å²) in [5, 5.41) is 4.89. The summed E-state index contributed by atoms with van der Waals surface area (Å²) >= 11 is 12.6. The van der Waals surface area contributed by atoms with Crippen LogP contribution in [0.2, 0.25) is 10.0 Å². The summed E-state index contributed by atoms with van der Waals surface area (Å²) in [7, 11) is 0. The van der Waals surface area contributed by atoms with Gasteiger partial charge in [-0.2, -0.15) is 0 Å². The predicted molar refractivity (Wildman–Crippen MR) is 108 cm³/mol. The Morgan fingerprint density at radius 3 is 2.73 bits per heavy atom. The van der Waals surface area contributed by atoms with Crippen molar-refractivity contribution in [2.45, 2.75) is 31.3 Å². The van der Waals surface area contributed by atoms with Crippen molar-refractivity contribution in [1.82, 2.24) is 5.32 Å². The van der Waals surface area contributed by atoms with Gasteiger partial charge in [-0.15, -0.1) is 0 Å². The number of fused-ring (bicyclic) bond motifs is 3. The fraction of sp³-hybridized carbons (Fsp3) is 0.429. The molecular weight excluding hydrogens is 367 g/mol. The number of rotatable bonds is 2. The molecule has 2 aromatic carbocycles. The zero-order valence-corrected chi connectivity index (χ0v) is 16.1. The topological polar surface area (TPSA) is 24.5 Å². The lowest BCUT2D eigenvalue weighted by atomic mass is 9.88. The van der Waals surface area contributed by atoms with E-state index >= 15 is 0 Å². The average molecular weight is 389 g/mol. The molecule has 3 heterocycles. The van der Waals surface area contributed by atoms with Gasteiger partial charge in [-0.3, -0.25) is 0 Å². The summed E-state index contributed by atoms with van der Waals surface area (Å²) in [6.45, 7) is 4.21. The second-order valence-electron chi connectivity index (χ2n) is 7.49. The highest BCUT2D eigenvalue weighted by Gasteiger charge is 2.39. The molecule has 0 amide bonds. The van der Waals surface area contributed by atoms with Gasteiger partial charge in [0.1, 0.15) is 11.9 Å². The minimum Gasteiger partial charge on any atom is -0.487 e. The zero-order chi connectivity index (χ0) is 17.7. The molecule has 0 saturated carbocycles. The molecule has 0 spiro atoms. The molecule has 0 aliphatic carbocycles. The highest BCUT2D eigenvalue weighted by Crippen LogP contribution is 2.49. The monoisotopic (exact) mass is 388 g/mol. The maximum absolute atomic E-state index is 6.52. The summed E-state index contributed by atoms with van der Waals surface area (Å²) in [5.41, 5.74) is 4.75. The highest BCUT2D eigenvalue weighted by molar-refractivity contribution is 6.36. The molecule has 2 unspecified atom stereocenters. The molecule has 0 radical (unpaired) electrons. The van der Waals surface area contributed by atoms with Gasteiger partial charge in [0.2, 0.25) is 0 Å². The molecule has 2 atom stereocenters. The average Bonchev–Trinajstić information content (AvgIpc) is 3.29. The molecule has 0 bridgehead atoms. The van der Waals surface area contributed by atoms with Crippen molar-refractivity contribution in [3.05, 3.63) is 45.9 Å². The first-order valence-electron chi connectivity index (χ1n) is 9.46. The van der Waals surface area contributed by atoms with E-state index in [0.717, 1.165) is 49.5 Å². The van der Waals surface area contributed by atoms with Gasteiger partial charge in [0.15, 0.2) is 0 Å². The standard InChI is InChI=1S/C21H22Cl2N2O/c22-14-3-4-15(18(23)11-14)13-9-16-17-12-24-6-5-20(17)26-21(16)19(10-13)25-7-1-2-8-25/h3-4,9-11,17,20,24H,1-2,5-8,12H2. The Hall–Kier alpha value is -1.42. The third-order valence-electron chi connectivity index (χ3n) is 5.87. The number of hydrogen-bond donors (Lipinski definition) is 1. The molecule has 5 heteroatoms. The molecule has 2 aromatic rings. The van der Waals surface area contributed by atoms with Gasteiger partial charge in [0.25, 0.3) is 0 Å². The first-order chi connectivity index (χ1) is 12.7. The quantitative estimate of drug-likeness (QED) is 0.774. The van der Waals surface area contributed by atoms with E-state index in [9.17, 15) is 0 Å². The van der Waals surface area contributed by atoms with Crippen molar-refractivity contribution < 1.29 is 4.74 Å². The van der Waals surface area contributed by atoms with Gasteiger partial charge in [-0.05, 0) is 55.6 Å². The van der Waals surface area contributed by atoms with Crippen molar-refractivity contribution in [1.29, 1.82) is 0 Å². The van der Waals surface area contributed by atoms with Crippen LogP contribution in [0.3, 0.4) is 0 Å². The lowest BCUT2D eigenvalue weighted by molar-refractivity contribution is 0.172. The van der Waals surface area contributed by atoms with Crippen LogP contribution in [0, 0.1) is 0 Å². The van der Waals surface area contributed by atoms with Crippen LogP contribution in [-0.2, 0) is 0 Å². The third kappa shape index (κ3) is 2.77. The third-order valence-corrected chi connectivity index (χ3v) is 6.42. The summed E-state index contributed by atoms with van der Waals surface area (Å²) in [6, 6.07) is 10.3. The van der Waals surface area contributed by atoms with E-state index < -0.39 is 0 Å². The molecule has 3 aliphatic heterocycles. The molecular formula is C21H22Cl2N2O. The summed E-state index contributed by atoms with van der Waals surface area (Å²) in [6.07, 6.45) is 3.85. The Bertz CT molecular complexity index is 848. The van der Waals surface area contributed by atoms with Crippen molar-refractivity contribution >= 4 is 28.9 Å². The molecule has 3 aliphatic rings. The molecule has 5 rings (SSSR count).